The second kappa shape index (κ2) is 9.60. The van der Waals surface area contributed by atoms with E-state index in [1.54, 1.807) is 7.11 Å². The molecular weight excluding hydrogens is 428 g/mol. The molecule has 34 heavy (non-hydrogen) atoms. The summed E-state index contributed by atoms with van der Waals surface area (Å²) >= 11 is 0. The maximum Gasteiger partial charge on any atom is 0.210 e. The zero-order chi connectivity index (χ0) is 23.7. The number of nitrogens with zero attached hydrogens (tertiary/aromatic N) is 3. The molecule has 2 saturated heterocycles. The monoisotopic (exact) mass is 460 g/mol. The zero-order valence-corrected chi connectivity index (χ0v) is 19.9. The van der Waals surface area contributed by atoms with Gasteiger partial charge in [-0.3, -0.25) is 4.79 Å². The van der Waals surface area contributed by atoms with Crippen molar-refractivity contribution in [3.05, 3.63) is 53.6 Å². The van der Waals surface area contributed by atoms with Crippen LogP contribution in [0.15, 0.2) is 42.5 Å². The summed E-state index contributed by atoms with van der Waals surface area (Å²) in [4.78, 5) is 20.8. The Morgan fingerprint density at radius 2 is 1.97 bits per heavy atom. The molecule has 7 nitrogen and oxygen atoms in total. The lowest BCUT2D eigenvalue weighted by Gasteiger charge is -2.38. The molecule has 1 aromatic heterocycles. The molecule has 178 valence electrons. The summed E-state index contributed by atoms with van der Waals surface area (Å²) in [5.41, 5.74) is 12.8. The predicted octanol–water partition coefficient (Wildman–Crippen LogP) is 3.94. The van der Waals surface area contributed by atoms with Gasteiger partial charge < -0.3 is 25.0 Å². The number of amides is 1. The highest BCUT2D eigenvalue weighted by atomic mass is 16.5. The first-order chi connectivity index (χ1) is 16.6. The van der Waals surface area contributed by atoms with Crippen molar-refractivity contribution in [1.29, 1.82) is 0 Å². The van der Waals surface area contributed by atoms with Crippen LogP contribution in [0.25, 0.3) is 22.0 Å². The molecule has 2 atom stereocenters. The second-order valence-electron chi connectivity index (χ2n) is 9.18. The highest BCUT2D eigenvalue weighted by Gasteiger charge is 2.31. The third-order valence-corrected chi connectivity index (χ3v) is 7.19. The molecule has 5 rings (SSSR count). The van der Waals surface area contributed by atoms with Gasteiger partial charge in [0, 0.05) is 32.1 Å². The van der Waals surface area contributed by atoms with Gasteiger partial charge in [-0.1, -0.05) is 24.3 Å². The second-order valence-corrected chi connectivity index (χ2v) is 9.18. The van der Waals surface area contributed by atoms with Crippen LogP contribution >= 0.6 is 0 Å². The lowest BCUT2D eigenvalue weighted by molar-refractivity contribution is -0.123. The van der Waals surface area contributed by atoms with Crippen LogP contribution in [0, 0.1) is 6.92 Å². The SMILES string of the molecule is COC1CCN(C=O)C(c2cccc(C)c2-c2ccc3nc(N)c(N4CCOCC4)cc3c2)C1. The number of anilines is 2. The number of piperidine rings is 1. The van der Waals surface area contributed by atoms with Crippen molar-refractivity contribution < 1.29 is 14.3 Å². The largest absolute Gasteiger partial charge is 0.382 e. The fourth-order valence-corrected chi connectivity index (χ4v) is 5.35. The molecule has 0 saturated carbocycles. The number of methoxy groups -OCH3 is 1. The maximum absolute atomic E-state index is 11.9. The molecule has 1 amide bonds. The number of aromatic nitrogens is 1. The Balaban J connectivity index is 1.59. The first kappa shape index (κ1) is 22.6. The van der Waals surface area contributed by atoms with Crippen LogP contribution in [0.5, 0.6) is 0 Å². The molecule has 2 aliphatic heterocycles. The number of nitrogens with two attached hydrogens (primary N) is 1. The van der Waals surface area contributed by atoms with E-state index in [9.17, 15) is 4.79 Å². The molecular formula is C27H32N4O3. The van der Waals surface area contributed by atoms with Gasteiger partial charge in [0.25, 0.3) is 0 Å². The summed E-state index contributed by atoms with van der Waals surface area (Å²) in [7, 11) is 1.75. The van der Waals surface area contributed by atoms with E-state index in [0.717, 1.165) is 60.1 Å². The van der Waals surface area contributed by atoms with Crippen LogP contribution in [0.4, 0.5) is 11.5 Å². The summed E-state index contributed by atoms with van der Waals surface area (Å²) in [6, 6.07) is 14.8. The smallest absolute Gasteiger partial charge is 0.210 e. The van der Waals surface area contributed by atoms with Crippen LogP contribution in [-0.4, -0.2) is 62.4 Å². The van der Waals surface area contributed by atoms with Crippen molar-refractivity contribution in [2.45, 2.75) is 31.9 Å². The molecule has 0 bridgehead atoms. The quantitative estimate of drug-likeness (QED) is 0.581. The number of carbonyl (C=O) groups is 1. The number of hydrogen-bond acceptors (Lipinski definition) is 6. The maximum atomic E-state index is 11.9. The molecule has 0 radical (unpaired) electrons. The van der Waals surface area contributed by atoms with Crippen molar-refractivity contribution in [2.24, 2.45) is 0 Å². The average molecular weight is 461 g/mol. The number of pyridine rings is 1. The summed E-state index contributed by atoms with van der Waals surface area (Å²) in [5.74, 6) is 0.549. The highest BCUT2D eigenvalue weighted by Crippen LogP contribution is 2.40. The minimum Gasteiger partial charge on any atom is -0.382 e. The van der Waals surface area contributed by atoms with Crippen LogP contribution < -0.4 is 10.6 Å². The van der Waals surface area contributed by atoms with Crippen molar-refractivity contribution in [3.8, 4) is 11.1 Å². The standard InChI is InChI=1S/C27H32N4O3/c1-18-4-3-5-22(24-16-21(33-2)8-9-31(24)17-32)26(18)19-6-7-23-20(14-19)15-25(27(28)29-23)30-10-12-34-13-11-30/h3-7,14-15,17,21,24H,8-13,16H2,1-2H3,(H2,28,29). The van der Waals surface area contributed by atoms with E-state index in [-0.39, 0.29) is 12.1 Å². The number of fused-ring (bicyclic) bond motifs is 1. The van der Waals surface area contributed by atoms with Crippen molar-refractivity contribution in [3.63, 3.8) is 0 Å². The molecule has 2 unspecified atom stereocenters. The van der Waals surface area contributed by atoms with E-state index < -0.39 is 0 Å². The molecule has 7 heteroatoms. The number of aryl methyl sites for hydroxylation is 1. The summed E-state index contributed by atoms with van der Waals surface area (Å²) < 4.78 is 11.2. The van der Waals surface area contributed by atoms with Crippen molar-refractivity contribution >= 4 is 28.8 Å². The van der Waals surface area contributed by atoms with E-state index in [1.807, 2.05) is 11.0 Å². The fourth-order valence-electron chi connectivity index (χ4n) is 5.35. The molecule has 2 aromatic carbocycles. The summed E-state index contributed by atoms with van der Waals surface area (Å²) in [6.07, 6.45) is 2.78. The van der Waals surface area contributed by atoms with Gasteiger partial charge in [0.15, 0.2) is 0 Å². The number of nitrogen functional groups attached to an aromatic ring is 1. The van der Waals surface area contributed by atoms with E-state index >= 15 is 0 Å². The van der Waals surface area contributed by atoms with Crippen LogP contribution in [0.3, 0.4) is 0 Å². The summed E-state index contributed by atoms with van der Waals surface area (Å²) in [6.45, 7) is 5.84. The molecule has 2 aliphatic rings. The van der Waals surface area contributed by atoms with Gasteiger partial charge in [0.2, 0.25) is 6.41 Å². The topological polar surface area (TPSA) is 80.9 Å². The van der Waals surface area contributed by atoms with Gasteiger partial charge in [-0.2, -0.15) is 0 Å². The predicted molar refractivity (Wildman–Crippen MR) is 135 cm³/mol. The van der Waals surface area contributed by atoms with E-state index in [4.69, 9.17) is 20.2 Å². The fraction of sp³-hybridized carbons (Fsp3) is 0.407. The Hall–Kier alpha value is -3.16. The number of hydrogen-bond donors (Lipinski definition) is 1. The number of morpholine rings is 1. The first-order valence-corrected chi connectivity index (χ1v) is 12.0. The van der Waals surface area contributed by atoms with Gasteiger partial charge in [-0.05, 0) is 60.2 Å². The van der Waals surface area contributed by atoms with E-state index in [0.29, 0.717) is 25.6 Å². The van der Waals surface area contributed by atoms with Gasteiger partial charge >= 0.3 is 0 Å². The van der Waals surface area contributed by atoms with Gasteiger partial charge in [0.05, 0.1) is 36.6 Å². The Labute approximate surface area is 200 Å². The lowest BCUT2D eigenvalue weighted by atomic mass is 9.86. The molecule has 2 N–H and O–H groups in total. The average Bonchev–Trinajstić information content (AvgIpc) is 2.88. The van der Waals surface area contributed by atoms with Crippen LogP contribution in [0.2, 0.25) is 0 Å². The Bertz CT molecular complexity index is 1190. The third-order valence-electron chi connectivity index (χ3n) is 7.19. The molecule has 3 heterocycles. The zero-order valence-electron chi connectivity index (χ0n) is 19.9. The van der Waals surface area contributed by atoms with Gasteiger partial charge in [-0.15, -0.1) is 0 Å². The number of benzene rings is 2. The molecule has 3 aromatic rings. The Kier molecular flexibility index (Phi) is 6.39. The third kappa shape index (κ3) is 4.21. The van der Waals surface area contributed by atoms with E-state index in [2.05, 4.69) is 48.2 Å². The van der Waals surface area contributed by atoms with Gasteiger partial charge in [0.1, 0.15) is 5.82 Å². The Morgan fingerprint density at radius 3 is 2.74 bits per heavy atom. The van der Waals surface area contributed by atoms with Crippen molar-refractivity contribution in [1.82, 2.24) is 9.88 Å². The number of likely N-dealkylation sites (tertiary alicyclic amines) is 1. The number of carbonyl (C=O) groups excluding carboxylic acids is 1. The molecule has 0 aliphatic carbocycles. The number of rotatable bonds is 5. The number of ether oxygens (including phenoxy) is 2. The summed E-state index contributed by atoms with van der Waals surface area (Å²) in [5, 5.41) is 1.05. The highest BCUT2D eigenvalue weighted by molar-refractivity contribution is 5.91. The molecule has 2 fully saturated rings. The lowest BCUT2D eigenvalue weighted by Crippen LogP contribution is -2.38. The normalized spacial score (nSPS) is 21.1. The minimum absolute atomic E-state index is 0.0183. The van der Waals surface area contributed by atoms with Gasteiger partial charge in [-0.25, -0.2) is 4.98 Å². The Morgan fingerprint density at radius 1 is 1.15 bits per heavy atom. The van der Waals surface area contributed by atoms with E-state index in [1.165, 1.54) is 11.1 Å². The van der Waals surface area contributed by atoms with Crippen molar-refractivity contribution in [2.75, 3.05) is 50.6 Å². The molecule has 0 spiro atoms. The minimum atomic E-state index is -0.0183. The van der Waals surface area contributed by atoms with Crippen LogP contribution in [-0.2, 0) is 14.3 Å². The van der Waals surface area contributed by atoms with Crippen LogP contribution in [0.1, 0.15) is 30.0 Å². The first-order valence-electron chi connectivity index (χ1n) is 12.0.